The molecule has 0 unspecified atom stereocenters. The molecule has 1 aliphatic rings. The Labute approximate surface area is 141 Å². The summed E-state index contributed by atoms with van der Waals surface area (Å²) in [6, 6.07) is 15.0. The van der Waals surface area contributed by atoms with E-state index in [-0.39, 0.29) is 0 Å². The summed E-state index contributed by atoms with van der Waals surface area (Å²) in [4.78, 5) is 8.79. The molecular formula is C20H29N3. The summed E-state index contributed by atoms with van der Waals surface area (Å²) in [7, 11) is 6.00. The van der Waals surface area contributed by atoms with Gasteiger partial charge in [0.2, 0.25) is 0 Å². The summed E-state index contributed by atoms with van der Waals surface area (Å²) >= 11 is 0. The van der Waals surface area contributed by atoms with Crippen molar-refractivity contribution in [3.05, 3.63) is 66.0 Å². The van der Waals surface area contributed by atoms with E-state index in [2.05, 4.69) is 46.3 Å². The number of nitrogens with zero attached hydrogens (tertiary/aromatic N) is 3. The summed E-state index contributed by atoms with van der Waals surface area (Å²) in [5.41, 5.74) is 2.82. The fraction of sp³-hybridized carbons (Fsp3) is 0.450. The predicted octanol–water partition coefficient (Wildman–Crippen LogP) is 3.64. The third kappa shape index (κ3) is 6.51. The third-order valence-electron chi connectivity index (χ3n) is 3.99. The van der Waals surface area contributed by atoms with Crippen LogP contribution in [-0.4, -0.2) is 49.0 Å². The van der Waals surface area contributed by atoms with Gasteiger partial charge in [-0.15, -0.1) is 0 Å². The average molecular weight is 311 g/mol. The minimum atomic E-state index is 0.695. The van der Waals surface area contributed by atoms with Gasteiger partial charge in [-0.05, 0) is 70.2 Å². The number of benzene rings is 1. The van der Waals surface area contributed by atoms with Gasteiger partial charge in [-0.3, -0.25) is 9.88 Å². The Morgan fingerprint density at radius 3 is 2.22 bits per heavy atom. The van der Waals surface area contributed by atoms with Crippen molar-refractivity contribution in [1.82, 2.24) is 14.8 Å². The number of hydrogen-bond acceptors (Lipinski definition) is 3. The van der Waals surface area contributed by atoms with Crippen molar-refractivity contribution < 1.29 is 0 Å². The highest BCUT2D eigenvalue weighted by molar-refractivity contribution is 5.17. The smallest absolute Gasteiger partial charge is 0.0302 e. The van der Waals surface area contributed by atoms with Crippen molar-refractivity contribution in [3.8, 4) is 0 Å². The van der Waals surface area contributed by atoms with Crippen molar-refractivity contribution in [2.45, 2.75) is 25.3 Å². The van der Waals surface area contributed by atoms with Gasteiger partial charge in [0.05, 0.1) is 0 Å². The highest BCUT2D eigenvalue weighted by atomic mass is 15.1. The molecule has 1 saturated heterocycles. The molecule has 0 N–H and O–H groups in total. The first-order valence-corrected chi connectivity index (χ1v) is 8.42. The Bertz CT molecular complexity index is 529. The van der Waals surface area contributed by atoms with E-state index in [1.807, 2.05) is 44.5 Å². The summed E-state index contributed by atoms with van der Waals surface area (Å²) in [5, 5.41) is 0. The van der Waals surface area contributed by atoms with Crippen LogP contribution in [0, 0.1) is 0 Å². The van der Waals surface area contributed by atoms with Crippen LogP contribution in [-0.2, 0) is 6.54 Å². The quantitative estimate of drug-likeness (QED) is 0.863. The van der Waals surface area contributed by atoms with Crippen molar-refractivity contribution >= 4 is 0 Å². The molecule has 0 saturated carbocycles. The van der Waals surface area contributed by atoms with Crippen LogP contribution < -0.4 is 0 Å². The van der Waals surface area contributed by atoms with Gasteiger partial charge in [-0.2, -0.15) is 0 Å². The second kappa shape index (κ2) is 9.43. The van der Waals surface area contributed by atoms with Crippen molar-refractivity contribution in [2.75, 3.05) is 34.2 Å². The lowest BCUT2D eigenvalue weighted by atomic mass is 9.90. The van der Waals surface area contributed by atoms with Gasteiger partial charge in [0.15, 0.2) is 0 Å². The maximum Gasteiger partial charge on any atom is 0.0302 e. The van der Waals surface area contributed by atoms with Crippen LogP contribution in [0.5, 0.6) is 0 Å². The Balaban J connectivity index is 0.000000433. The van der Waals surface area contributed by atoms with Gasteiger partial charge in [0.25, 0.3) is 0 Å². The van der Waals surface area contributed by atoms with E-state index in [1.165, 1.54) is 37.1 Å². The maximum absolute atomic E-state index is 4.23. The number of rotatable bonds is 3. The molecule has 0 bridgehead atoms. The van der Waals surface area contributed by atoms with Crippen LogP contribution in [0.25, 0.3) is 0 Å². The predicted molar refractivity (Wildman–Crippen MR) is 97.5 cm³/mol. The molecule has 124 valence electrons. The van der Waals surface area contributed by atoms with Crippen LogP contribution in [0.15, 0.2) is 54.9 Å². The topological polar surface area (TPSA) is 19.4 Å². The van der Waals surface area contributed by atoms with Gasteiger partial charge in [0.1, 0.15) is 0 Å². The lowest BCUT2D eigenvalue weighted by molar-refractivity contribution is 0.204. The monoisotopic (exact) mass is 311 g/mol. The second-order valence-corrected chi connectivity index (χ2v) is 6.66. The minimum Gasteiger partial charge on any atom is -0.312 e. The van der Waals surface area contributed by atoms with E-state index in [0.29, 0.717) is 5.92 Å². The minimum absolute atomic E-state index is 0.695. The molecule has 0 atom stereocenters. The molecule has 3 rings (SSSR count). The standard InChI is InChI=1S/C17H20N2.C3H9N/c1-2-5-15(6-3-1)14-19-11-8-16(9-12-19)17-7-4-10-18-13-17;1-4(2)3/h1-7,10,13,16H,8-9,11-12,14H2;1-3H3. The largest absolute Gasteiger partial charge is 0.312 e. The van der Waals surface area contributed by atoms with Gasteiger partial charge in [0, 0.05) is 18.9 Å². The number of pyridine rings is 1. The van der Waals surface area contributed by atoms with Crippen LogP contribution in [0.1, 0.15) is 29.9 Å². The van der Waals surface area contributed by atoms with Crippen LogP contribution >= 0.6 is 0 Å². The van der Waals surface area contributed by atoms with Crippen molar-refractivity contribution in [1.29, 1.82) is 0 Å². The summed E-state index contributed by atoms with van der Waals surface area (Å²) in [6.45, 7) is 3.46. The molecule has 0 radical (unpaired) electrons. The number of hydrogen-bond donors (Lipinski definition) is 0. The fourth-order valence-electron chi connectivity index (χ4n) is 2.88. The molecular weight excluding hydrogens is 282 g/mol. The summed E-state index contributed by atoms with van der Waals surface area (Å²) < 4.78 is 0. The molecule has 1 fully saturated rings. The van der Waals surface area contributed by atoms with Gasteiger partial charge in [-0.1, -0.05) is 36.4 Å². The zero-order valence-corrected chi connectivity index (χ0v) is 14.7. The maximum atomic E-state index is 4.23. The molecule has 0 aliphatic carbocycles. The van der Waals surface area contributed by atoms with E-state index in [0.717, 1.165) is 6.54 Å². The molecule has 3 heteroatoms. The Morgan fingerprint density at radius 1 is 1.00 bits per heavy atom. The lowest BCUT2D eigenvalue weighted by Gasteiger charge is -2.32. The zero-order valence-electron chi connectivity index (χ0n) is 14.7. The van der Waals surface area contributed by atoms with Gasteiger partial charge in [-0.25, -0.2) is 0 Å². The number of piperidine rings is 1. The molecule has 1 aromatic carbocycles. The second-order valence-electron chi connectivity index (χ2n) is 6.66. The Hall–Kier alpha value is -1.71. The van der Waals surface area contributed by atoms with E-state index in [4.69, 9.17) is 0 Å². The molecule has 3 nitrogen and oxygen atoms in total. The van der Waals surface area contributed by atoms with Crippen LogP contribution in [0.4, 0.5) is 0 Å². The third-order valence-corrected chi connectivity index (χ3v) is 3.99. The molecule has 1 aromatic heterocycles. The summed E-state index contributed by atoms with van der Waals surface area (Å²) in [6.07, 6.45) is 6.38. The molecule has 1 aliphatic heterocycles. The number of aromatic nitrogens is 1. The number of likely N-dealkylation sites (tertiary alicyclic amines) is 1. The highest BCUT2D eigenvalue weighted by Crippen LogP contribution is 2.27. The first-order valence-electron chi connectivity index (χ1n) is 8.42. The molecule has 23 heavy (non-hydrogen) atoms. The summed E-state index contributed by atoms with van der Waals surface area (Å²) in [5.74, 6) is 0.695. The van der Waals surface area contributed by atoms with E-state index in [1.54, 1.807) is 0 Å². The SMILES string of the molecule is CN(C)C.c1ccc(CN2CCC(c3cccnc3)CC2)cc1. The normalized spacial score (nSPS) is 16.0. The van der Waals surface area contributed by atoms with Crippen molar-refractivity contribution in [2.24, 2.45) is 0 Å². The molecule has 2 heterocycles. The molecule has 0 amide bonds. The average Bonchev–Trinajstić information content (AvgIpc) is 2.57. The molecule has 0 spiro atoms. The van der Waals surface area contributed by atoms with Crippen LogP contribution in [0.3, 0.4) is 0 Å². The Kier molecular flexibility index (Phi) is 7.24. The van der Waals surface area contributed by atoms with Gasteiger partial charge < -0.3 is 4.90 Å². The zero-order chi connectivity index (χ0) is 16.5. The lowest BCUT2D eigenvalue weighted by Crippen LogP contribution is -2.32. The highest BCUT2D eigenvalue weighted by Gasteiger charge is 2.20. The molecule has 2 aromatic rings. The fourth-order valence-corrected chi connectivity index (χ4v) is 2.88. The van der Waals surface area contributed by atoms with Crippen molar-refractivity contribution in [3.63, 3.8) is 0 Å². The van der Waals surface area contributed by atoms with E-state index >= 15 is 0 Å². The van der Waals surface area contributed by atoms with E-state index < -0.39 is 0 Å². The van der Waals surface area contributed by atoms with Crippen LogP contribution in [0.2, 0.25) is 0 Å². The van der Waals surface area contributed by atoms with Gasteiger partial charge >= 0.3 is 0 Å². The van der Waals surface area contributed by atoms with E-state index in [9.17, 15) is 0 Å². The first kappa shape index (κ1) is 17.6. The Morgan fingerprint density at radius 2 is 1.65 bits per heavy atom. The first-order chi connectivity index (χ1) is 11.1.